The first-order chi connectivity index (χ1) is 11.2. The molecule has 6 nitrogen and oxygen atoms in total. The molecule has 2 aliphatic heterocycles. The van der Waals surface area contributed by atoms with Gasteiger partial charge in [-0.1, -0.05) is 23.1 Å². The Morgan fingerprint density at radius 2 is 1.74 bits per heavy atom. The highest BCUT2D eigenvalue weighted by atomic mass is 32.2. The van der Waals surface area contributed by atoms with Gasteiger partial charge in [0.2, 0.25) is 5.91 Å². The molecular formula is C15H25N5OS2. The summed E-state index contributed by atoms with van der Waals surface area (Å²) >= 11 is 3.33. The molecule has 1 aromatic heterocycles. The van der Waals surface area contributed by atoms with Crippen LogP contribution in [0.1, 0.15) is 24.3 Å². The summed E-state index contributed by atoms with van der Waals surface area (Å²) in [6, 6.07) is 0. The number of carbonyl (C=O) groups excluding carboxylic acids is 1. The van der Waals surface area contributed by atoms with Crippen molar-refractivity contribution in [1.29, 1.82) is 0 Å². The molecule has 8 heteroatoms. The molecule has 0 N–H and O–H groups in total. The highest BCUT2D eigenvalue weighted by Crippen LogP contribution is 2.21. The third-order valence-corrected chi connectivity index (χ3v) is 6.40. The number of nitrogens with zero attached hydrogens (tertiary/aromatic N) is 5. The largest absolute Gasteiger partial charge is 0.342 e. The second kappa shape index (κ2) is 8.41. The lowest BCUT2D eigenvalue weighted by atomic mass is 10.1. The molecule has 0 spiro atoms. The van der Waals surface area contributed by atoms with Crippen molar-refractivity contribution >= 4 is 29.0 Å². The Morgan fingerprint density at radius 3 is 2.39 bits per heavy atom. The minimum absolute atomic E-state index is 0.312. The fourth-order valence-electron chi connectivity index (χ4n) is 3.12. The lowest BCUT2D eigenvalue weighted by Crippen LogP contribution is -2.50. The maximum atomic E-state index is 12.3. The highest BCUT2D eigenvalue weighted by Gasteiger charge is 2.23. The first kappa shape index (κ1) is 17.1. The Labute approximate surface area is 146 Å². The van der Waals surface area contributed by atoms with Crippen LogP contribution in [0.5, 0.6) is 0 Å². The maximum absolute atomic E-state index is 12.3. The standard InChI is InChI=1S/C15H25N5OS2/c1-22-15-17-16-13(23-15)11-18-7-9-19(10-8-18)12-14(21)20-5-3-2-4-6-20/h2-12H2,1H3. The second-order valence-electron chi connectivity index (χ2n) is 6.16. The summed E-state index contributed by atoms with van der Waals surface area (Å²) in [5.41, 5.74) is 0. The van der Waals surface area contributed by atoms with Crippen LogP contribution in [0.2, 0.25) is 0 Å². The van der Waals surface area contributed by atoms with E-state index in [0.29, 0.717) is 12.5 Å². The van der Waals surface area contributed by atoms with Crippen molar-refractivity contribution in [3.05, 3.63) is 5.01 Å². The Bertz CT molecular complexity index is 510. The van der Waals surface area contributed by atoms with E-state index in [1.165, 1.54) is 19.3 Å². The number of hydrogen-bond acceptors (Lipinski definition) is 7. The van der Waals surface area contributed by atoms with Gasteiger partial charge < -0.3 is 4.90 Å². The predicted octanol–water partition coefficient (Wildman–Crippen LogP) is 1.39. The molecule has 128 valence electrons. The molecule has 2 fully saturated rings. The molecule has 1 aromatic rings. The van der Waals surface area contributed by atoms with Crippen LogP contribution >= 0.6 is 23.1 Å². The van der Waals surface area contributed by atoms with Gasteiger partial charge in [0.15, 0.2) is 4.34 Å². The number of piperidine rings is 1. The summed E-state index contributed by atoms with van der Waals surface area (Å²) in [5.74, 6) is 0.312. The van der Waals surface area contributed by atoms with Gasteiger partial charge in [-0.15, -0.1) is 10.2 Å². The van der Waals surface area contributed by atoms with Gasteiger partial charge in [0.25, 0.3) is 0 Å². The van der Waals surface area contributed by atoms with E-state index in [0.717, 1.165) is 55.2 Å². The van der Waals surface area contributed by atoms with Crippen LogP contribution in [-0.2, 0) is 11.3 Å². The van der Waals surface area contributed by atoms with Gasteiger partial charge in [-0.25, -0.2) is 0 Å². The summed E-state index contributed by atoms with van der Waals surface area (Å²) in [6.45, 7) is 7.31. The van der Waals surface area contributed by atoms with Crippen LogP contribution < -0.4 is 0 Å². The van der Waals surface area contributed by atoms with Gasteiger partial charge in [-0.05, 0) is 25.5 Å². The molecule has 3 rings (SSSR count). The molecule has 2 saturated heterocycles. The topological polar surface area (TPSA) is 52.6 Å². The van der Waals surface area contributed by atoms with Crippen molar-refractivity contribution in [2.45, 2.75) is 30.1 Å². The molecular weight excluding hydrogens is 330 g/mol. The van der Waals surface area contributed by atoms with Crippen molar-refractivity contribution in [3.63, 3.8) is 0 Å². The summed E-state index contributed by atoms with van der Waals surface area (Å²) in [6.07, 6.45) is 5.63. The predicted molar refractivity (Wildman–Crippen MR) is 93.8 cm³/mol. The van der Waals surface area contributed by atoms with Crippen molar-refractivity contribution in [1.82, 2.24) is 24.9 Å². The van der Waals surface area contributed by atoms with E-state index in [1.807, 2.05) is 11.2 Å². The van der Waals surface area contributed by atoms with Crippen molar-refractivity contribution in [3.8, 4) is 0 Å². The van der Waals surface area contributed by atoms with E-state index in [4.69, 9.17) is 0 Å². The van der Waals surface area contributed by atoms with Crippen molar-refractivity contribution in [2.75, 3.05) is 52.1 Å². The molecule has 3 heterocycles. The number of rotatable bonds is 5. The number of aromatic nitrogens is 2. The van der Waals surface area contributed by atoms with Gasteiger partial charge in [0.05, 0.1) is 13.1 Å². The van der Waals surface area contributed by atoms with Crippen molar-refractivity contribution < 1.29 is 4.79 Å². The number of piperazine rings is 1. The minimum atomic E-state index is 0.312. The fourth-order valence-corrected chi connectivity index (χ4v) is 4.47. The van der Waals surface area contributed by atoms with E-state index >= 15 is 0 Å². The average molecular weight is 356 g/mol. The van der Waals surface area contributed by atoms with Crippen LogP contribution in [-0.4, -0.2) is 82.9 Å². The molecule has 23 heavy (non-hydrogen) atoms. The number of amides is 1. The summed E-state index contributed by atoms with van der Waals surface area (Å²) in [7, 11) is 0. The van der Waals surface area contributed by atoms with E-state index < -0.39 is 0 Å². The van der Waals surface area contributed by atoms with Crippen molar-refractivity contribution in [2.24, 2.45) is 0 Å². The average Bonchev–Trinajstić information content (AvgIpc) is 3.05. The lowest BCUT2D eigenvalue weighted by Gasteiger charge is -2.35. The van der Waals surface area contributed by atoms with E-state index in [-0.39, 0.29) is 0 Å². The third-order valence-electron chi connectivity index (χ3n) is 4.51. The molecule has 0 radical (unpaired) electrons. The van der Waals surface area contributed by atoms with E-state index in [1.54, 1.807) is 23.1 Å². The first-order valence-corrected chi connectivity index (χ1v) is 10.4. The molecule has 0 saturated carbocycles. The zero-order chi connectivity index (χ0) is 16.1. The zero-order valence-electron chi connectivity index (χ0n) is 13.7. The lowest BCUT2D eigenvalue weighted by molar-refractivity contribution is -0.133. The highest BCUT2D eigenvalue weighted by molar-refractivity contribution is 8.00. The first-order valence-electron chi connectivity index (χ1n) is 8.33. The number of hydrogen-bond donors (Lipinski definition) is 0. The Kier molecular flexibility index (Phi) is 6.27. The monoisotopic (exact) mass is 355 g/mol. The zero-order valence-corrected chi connectivity index (χ0v) is 15.4. The number of likely N-dealkylation sites (tertiary alicyclic amines) is 1. The molecule has 0 bridgehead atoms. The second-order valence-corrected chi connectivity index (χ2v) is 8.28. The quantitative estimate of drug-likeness (QED) is 0.744. The third kappa shape index (κ3) is 4.89. The molecule has 0 aliphatic carbocycles. The minimum Gasteiger partial charge on any atom is -0.342 e. The van der Waals surface area contributed by atoms with Crippen LogP contribution in [0.3, 0.4) is 0 Å². The van der Waals surface area contributed by atoms with E-state index in [2.05, 4.69) is 20.0 Å². The van der Waals surface area contributed by atoms with Crippen LogP contribution in [0.15, 0.2) is 4.34 Å². The molecule has 0 atom stereocenters. The molecule has 0 unspecified atom stereocenters. The van der Waals surface area contributed by atoms with E-state index in [9.17, 15) is 4.79 Å². The number of thioether (sulfide) groups is 1. The Morgan fingerprint density at radius 1 is 1.04 bits per heavy atom. The SMILES string of the molecule is CSc1nnc(CN2CCN(CC(=O)N3CCCCC3)CC2)s1. The molecule has 1 amide bonds. The smallest absolute Gasteiger partial charge is 0.236 e. The van der Waals surface area contributed by atoms with Gasteiger partial charge in [-0.2, -0.15) is 0 Å². The summed E-state index contributed by atoms with van der Waals surface area (Å²) in [4.78, 5) is 19.1. The summed E-state index contributed by atoms with van der Waals surface area (Å²) < 4.78 is 1.03. The van der Waals surface area contributed by atoms with Gasteiger partial charge in [0, 0.05) is 39.3 Å². The molecule has 2 aliphatic rings. The fraction of sp³-hybridized carbons (Fsp3) is 0.800. The van der Waals surface area contributed by atoms with Crippen LogP contribution in [0.4, 0.5) is 0 Å². The summed E-state index contributed by atoms with van der Waals surface area (Å²) in [5, 5.41) is 9.48. The van der Waals surface area contributed by atoms with Gasteiger partial charge in [0.1, 0.15) is 5.01 Å². The van der Waals surface area contributed by atoms with Crippen LogP contribution in [0.25, 0.3) is 0 Å². The number of carbonyl (C=O) groups is 1. The van der Waals surface area contributed by atoms with Gasteiger partial charge in [-0.3, -0.25) is 14.6 Å². The van der Waals surface area contributed by atoms with Crippen LogP contribution in [0, 0.1) is 0 Å². The molecule has 0 aromatic carbocycles. The normalized spacial score (nSPS) is 20.8. The Hall–Kier alpha value is -0.700. The Balaban J connectivity index is 1.40. The van der Waals surface area contributed by atoms with Gasteiger partial charge >= 0.3 is 0 Å². The maximum Gasteiger partial charge on any atom is 0.236 e.